The minimum atomic E-state index is 0.209. The van der Waals surface area contributed by atoms with Crippen LogP contribution >= 0.6 is 11.6 Å². The van der Waals surface area contributed by atoms with Crippen molar-refractivity contribution in [2.45, 2.75) is 59.1 Å². The molecule has 0 aliphatic rings. The molecule has 0 saturated carbocycles. The third-order valence-corrected chi connectivity index (χ3v) is 5.01. The van der Waals surface area contributed by atoms with Crippen LogP contribution < -0.4 is 10.1 Å². The molecule has 0 spiro atoms. The van der Waals surface area contributed by atoms with Gasteiger partial charge >= 0.3 is 0 Å². The van der Waals surface area contributed by atoms with Gasteiger partial charge in [-0.05, 0) is 81.0 Å². The quantitative estimate of drug-likeness (QED) is 0.534. The van der Waals surface area contributed by atoms with Crippen molar-refractivity contribution < 1.29 is 4.74 Å². The Bertz CT molecular complexity index is 649. The maximum Gasteiger partial charge on any atom is 0.119 e. The third kappa shape index (κ3) is 6.34. The number of hydrogen-bond donors (Lipinski definition) is 1. The molecule has 0 aliphatic heterocycles. The molecular formula is C23H32ClNO. The van der Waals surface area contributed by atoms with Crippen molar-refractivity contribution >= 4 is 11.6 Å². The molecule has 0 bridgehead atoms. The van der Waals surface area contributed by atoms with E-state index < -0.39 is 0 Å². The lowest BCUT2D eigenvalue weighted by molar-refractivity contribution is 0.242. The van der Waals surface area contributed by atoms with E-state index in [-0.39, 0.29) is 6.10 Å². The molecule has 0 fully saturated rings. The topological polar surface area (TPSA) is 21.3 Å². The smallest absolute Gasteiger partial charge is 0.119 e. The van der Waals surface area contributed by atoms with Crippen molar-refractivity contribution in [2.24, 2.45) is 5.92 Å². The molecule has 2 atom stereocenters. The van der Waals surface area contributed by atoms with Crippen LogP contribution in [-0.4, -0.2) is 12.6 Å². The lowest BCUT2D eigenvalue weighted by atomic mass is 9.85. The Balaban J connectivity index is 1.92. The van der Waals surface area contributed by atoms with Gasteiger partial charge in [0.05, 0.1) is 6.10 Å². The normalized spacial score (nSPS) is 13.8. The number of benzene rings is 2. The molecule has 0 unspecified atom stereocenters. The minimum Gasteiger partial charge on any atom is -0.491 e. The molecular weight excluding hydrogens is 342 g/mol. The number of halogens is 1. The molecule has 0 aliphatic carbocycles. The van der Waals surface area contributed by atoms with Gasteiger partial charge in [-0.3, -0.25) is 0 Å². The standard InChI is InChI=1S/C23H32ClNO/c1-16(2)23(20-8-12-22(13-9-20)26-17(3)4)14-15-25-18(5)19-6-10-21(24)11-7-19/h6-13,16-18,23,25H,14-15H2,1-5H3/t18-,23-/m0/s1. The summed E-state index contributed by atoms with van der Waals surface area (Å²) in [6.07, 6.45) is 1.32. The van der Waals surface area contributed by atoms with Gasteiger partial charge in [0.25, 0.3) is 0 Å². The largest absolute Gasteiger partial charge is 0.491 e. The monoisotopic (exact) mass is 373 g/mol. The summed E-state index contributed by atoms with van der Waals surface area (Å²) >= 11 is 5.97. The molecule has 0 aromatic heterocycles. The molecule has 3 heteroatoms. The van der Waals surface area contributed by atoms with E-state index in [1.807, 2.05) is 12.1 Å². The van der Waals surface area contributed by atoms with E-state index in [1.165, 1.54) is 11.1 Å². The van der Waals surface area contributed by atoms with Gasteiger partial charge in [0.1, 0.15) is 5.75 Å². The highest BCUT2D eigenvalue weighted by molar-refractivity contribution is 6.30. The van der Waals surface area contributed by atoms with Gasteiger partial charge in [-0.1, -0.05) is 49.7 Å². The van der Waals surface area contributed by atoms with Crippen LogP contribution in [0.1, 0.15) is 64.1 Å². The summed E-state index contributed by atoms with van der Waals surface area (Å²) in [5, 5.41) is 4.43. The second kappa shape index (κ2) is 9.99. The minimum absolute atomic E-state index is 0.209. The molecule has 2 aromatic carbocycles. The van der Waals surface area contributed by atoms with Crippen molar-refractivity contribution in [3.8, 4) is 5.75 Å². The van der Waals surface area contributed by atoms with Gasteiger partial charge in [0.2, 0.25) is 0 Å². The lowest BCUT2D eigenvalue weighted by Gasteiger charge is -2.23. The highest BCUT2D eigenvalue weighted by Gasteiger charge is 2.16. The molecule has 0 heterocycles. The van der Waals surface area contributed by atoms with E-state index in [1.54, 1.807) is 0 Å². The zero-order valence-corrected chi connectivity index (χ0v) is 17.4. The van der Waals surface area contributed by atoms with Gasteiger partial charge < -0.3 is 10.1 Å². The Kier molecular flexibility index (Phi) is 7.99. The summed E-state index contributed by atoms with van der Waals surface area (Å²) in [5.41, 5.74) is 2.66. The van der Waals surface area contributed by atoms with Crippen LogP contribution in [0.3, 0.4) is 0 Å². The fourth-order valence-corrected chi connectivity index (χ4v) is 3.40. The molecule has 1 N–H and O–H groups in total. The van der Waals surface area contributed by atoms with Gasteiger partial charge in [-0.2, -0.15) is 0 Å². The second-order valence-corrected chi connectivity index (χ2v) is 8.04. The van der Waals surface area contributed by atoms with Crippen LogP contribution in [0, 0.1) is 5.92 Å². The van der Waals surface area contributed by atoms with Crippen molar-refractivity contribution in [1.29, 1.82) is 0 Å². The number of hydrogen-bond acceptors (Lipinski definition) is 2. The van der Waals surface area contributed by atoms with Crippen molar-refractivity contribution in [3.63, 3.8) is 0 Å². The van der Waals surface area contributed by atoms with E-state index in [9.17, 15) is 0 Å². The first kappa shape index (κ1) is 20.8. The molecule has 0 saturated heterocycles. The molecule has 2 aromatic rings. The summed E-state index contributed by atoms with van der Waals surface area (Å²) in [7, 11) is 0. The van der Waals surface area contributed by atoms with E-state index in [4.69, 9.17) is 16.3 Å². The average molecular weight is 374 g/mol. The van der Waals surface area contributed by atoms with Crippen molar-refractivity contribution in [1.82, 2.24) is 5.32 Å². The van der Waals surface area contributed by atoms with Crippen LogP contribution in [0.25, 0.3) is 0 Å². The number of ether oxygens (including phenoxy) is 1. The van der Waals surface area contributed by atoms with E-state index in [2.05, 4.69) is 76.3 Å². The Morgan fingerprint density at radius 1 is 0.846 bits per heavy atom. The molecule has 142 valence electrons. The molecule has 0 amide bonds. The van der Waals surface area contributed by atoms with Crippen LogP contribution in [0.2, 0.25) is 5.02 Å². The second-order valence-electron chi connectivity index (χ2n) is 7.60. The first-order chi connectivity index (χ1) is 12.4. The Labute approximate surface area is 163 Å². The Morgan fingerprint density at radius 2 is 1.42 bits per heavy atom. The van der Waals surface area contributed by atoms with Crippen LogP contribution in [-0.2, 0) is 0 Å². The first-order valence-corrected chi connectivity index (χ1v) is 10.00. The molecule has 26 heavy (non-hydrogen) atoms. The van der Waals surface area contributed by atoms with Gasteiger partial charge in [0, 0.05) is 11.1 Å². The zero-order chi connectivity index (χ0) is 19.1. The number of nitrogens with one attached hydrogen (secondary N) is 1. The lowest BCUT2D eigenvalue weighted by Crippen LogP contribution is -2.22. The van der Waals surface area contributed by atoms with Crippen LogP contribution in [0.4, 0.5) is 0 Å². The van der Waals surface area contributed by atoms with Gasteiger partial charge in [0.15, 0.2) is 0 Å². The Morgan fingerprint density at radius 3 is 1.96 bits per heavy atom. The maximum atomic E-state index is 5.97. The summed E-state index contributed by atoms with van der Waals surface area (Å²) < 4.78 is 5.76. The molecule has 2 rings (SSSR count). The Hall–Kier alpha value is -1.51. The molecule has 2 nitrogen and oxygen atoms in total. The highest BCUT2D eigenvalue weighted by atomic mass is 35.5. The van der Waals surface area contributed by atoms with E-state index in [0.29, 0.717) is 17.9 Å². The summed E-state index contributed by atoms with van der Waals surface area (Å²) in [6, 6.07) is 17.0. The predicted molar refractivity (Wildman–Crippen MR) is 112 cm³/mol. The fraction of sp³-hybridized carbons (Fsp3) is 0.478. The summed E-state index contributed by atoms with van der Waals surface area (Å²) in [5.74, 6) is 2.08. The van der Waals surface area contributed by atoms with Crippen molar-refractivity contribution in [3.05, 3.63) is 64.7 Å². The van der Waals surface area contributed by atoms with E-state index in [0.717, 1.165) is 23.7 Å². The summed E-state index contributed by atoms with van der Waals surface area (Å²) in [4.78, 5) is 0. The maximum absolute atomic E-state index is 5.97. The fourth-order valence-electron chi connectivity index (χ4n) is 3.28. The highest BCUT2D eigenvalue weighted by Crippen LogP contribution is 2.29. The number of rotatable bonds is 9. The van der Waals surface area contributed by atoms with Crippen LogP contribution in [0.15, 0.2) is 48.5 Å². The zero-order valence-electron chi connectivity index (χ0n) is 16.6. The van der Waals surface area contributed by atoms with Gasteiger partial charge in [-0.25, -0.2) is 0 Å². The molecule has 0 radical (unpaired) electrons. The van der Waals surface area contributed by atoms with Crippen molar-refractivity contribution in [2.75, 3.05) is 6.54 Å². The van der Waals surface area contributed by atoms with Crippen LogP contribution in [0.5, 0.6) is 5.75 Å². The third-order valence-electron chi connectivity index (χ3n) is 4.76. The van der Waals surface area contributed by atoms with E-state index >= 15 is 0 Å². The summed E-state index contributed by atoms with van der Waals surface area (Å²) in [6.45, 7) is 11.9. The average Bonchev–Trinajstić information content (AvgIpc) is 2.59. The van der Waals surface area contributed by atoms with Gasteiger partial charge in [-0.15, -0.1) is 0 Å². The predicted octanol–water partition coefficient (Wildman–Crippen LogP) is 6.61. The SMILES string of the molecule is CC(C)Oc1ccc([C@@H](CCN[C@@H](C)c2ccc(Cl)cc2)C(C)C)cc1. The first-order valence-electron chi connectivity index (χ1n) is 9.62.